The first-order chi connectivity index (χ1) is 8.31. The fourth-order valence-electron chi connectivity index (χ4n) is 1.69. The summed E-state index contributed by atoms with van der Waals surface area (Å²) in [6, 6.07) is 7.87. The molecule has 92 valence electrons. The van der Waals surface area contributed by atoms with Gasteiger partial charge in [-0.2, -0.15) is 5.26 Å². The van der Waals surface area contributed by atoms with Crippen LogP contribution in [0, 0.1) is 11.3 Å². The third kappa shape index (κ3) is 4.46. The fraction of sp³-hybridized carbons (Fsp3) is 0.500. The second kappa shape index (κ2) is 7.70. The predicted octanol–water partition coefficient (Wildman–Crippen LogP) is 2.85. The molecule has 0 radical (unpaired) electrons. The first-order valence-electron chi connectivity index (χ1n) is 6.09. The summed E-state index contributed by atoms with van der Waals surface area (Å²) in [6.45, 7) is 4.03. The molecule has 3 nitrogen and oxygen atoms in total. The first kappa shape index (κ1) is 13.5. The topological polar surface area (TPSA) is 45.0 Å². The van der Waals surface area contributed by atoms with E-state index in [9.17, 15) is 0 Å². The number of ether oxygens (including phenoxy) is 1. The van der Waals surface area contributed by atoms with Crippen LogP contribution in [0.2, 0.25) is 0 Å². The zero-order valence-corrected chi connectivity index (χ0v) is 10.6. The number of methoxy groups -OCH3 is 1. The van der Waals surface area contributed by atoms with Crippen LogP contribution in [0.1, 0.15) is 37.3 Å². The van der Waals surface area contributed by atoms with Crippen LogP contribution in [0.25, 0.3) is 0 Å². The van der Waals surface area contributed by atoms with Crippen molar-refractivity contribution in [2.75, 3.05) is 13.7 Å². The zero-order chi connectivity index (χ0) is 12.5. The van der Waals surface area contributed by atoms with Crippen molar-refractivity contribution < 1.29 is 4.74 Å². The number of unbranched alkanes of at least 4 members (excludes halogenated alkanes) is 2. The minimum atomic E-state index is 0.598. The lowest BCUT2D eigenvalue weighted by Gasteiger charge is -2.07. The standard InChI is InChI=1S/C14H20N2O/c1-3-4-5-8-16-11-12-6-7-14(17-2)13(9-12)10-15/h6-7,9,16H,3-5,8,11H2,1-2H3. The Morgan fingerprint density at radius 2 is 2.18 bits per heavy atom. The smallest absolute Gasteiger partial charge is 0.136 e. The third-order valence-corrected chi connectivity index (χ3v) is 2.67. The maximum Gasteiger partial charge on any atom is 0.136 e. The van der Waals surface area contributed by atoms with Crippen LogP contribution in [0.15, 0.2) is 18.2 Å². The maximum absolute atomic E-state index is 8.97. The number of nitrogens with one attached hydrogen (secondary N) is 1. The van der Waals surface area contributed by atoms with Crippen molar-refractivity contribution in [3.8, 4) is 11.8 Å². The summed E-state index contributed by atoms with van der Waals surface area (Å²) in [5.74, 6) is 0.641. The number of nitrogens with zero attached hydrogens (tertiary/aromatic N) is 1. The van der Waals surface area contributed by atoms with E-state index in [0.717, 1.165) is 18.7 Å². The summed E-state index contributed by atoms with van der Waals surface area (Å²) in [7, 11) is 1.58. The Kier molecular flexibility index (Phi) is 6.13. The molecule has 0 amide bonds. The van der Waals surface area contributed by atoms with Crippen LogP contribution in [0.3, 0.4) is 0 Å². The van der Waals surface area contributed by atoms with E-state index >= 15 is 0 Å². The van der Waals surface area contributed by atoms with Crippen LogP contribution >= 0.6 is 0 Å². The van der Waals surface area contributed by atoms with Gasteiger partial charge in [0, 0.05) is 6.54 Å². The molecule has 0 unspecified atom stereocenters. The highest BCUT2D eigenvalue weighted by Gasteiger charge is 2.02. The van der Waals surface area contributed by atoms with E-state index in [-0.39, 0.29) is 0 Å². The van der Waals surface area contributed by atoms with E-state index in [1.165, 1.54) is 19.3 Å². The third-order valence-electron chi connectivity index (χ3n) is 2.67. The number of rotatable bonds is 7. The molecule has 0 saturated carbocycles. The lowest BCUT2D eigenvalue weighted by atomic mass is 10.1. The SMILES string of the molecule is CCCCCNCc1ccc(OC)c(C#N)c1. The van der Waals surface area contributed by atoms with Gasteiger partial charge in [-0.05, 0) is 30.7 Å². The van der Waals surface area contributed by atoms with E-state index in [1.54, 1.807) is 7.11 Å². The van der Waals surface area contributed by atoms with Crippen LogP contribution in [-0.4, -0.2) is 13.7 Å². The van der Waals surface area contributed by atoms with Gasteiger partial charge in [0.05, 0.1) is 12.7 Å². The van der Waals surface area contributed by atoms with Gasteiger partial charge in [-0.15, -0.1) is 0 Å². The summed E-state index contributed by atoms with van der Waals surface area (Å²) in [5, 5.41) is 12.3. The Morgan fingerprint density at radius 3 is 2.82 bits per heavy atom. The largest absolute Gasteiger partial charge is 0.495 e. The Hall–Kier alpha value is -1.53. The quantitative estimate of drug-likeness (QED) is 0.735. The summed E-state index contributed by atoms with van der Waals surface area (Å²) in [5.41, 5.74) is 1.72. The van der Waals surface area contributed by atoms with Crippen molar-refractivity contribution in [3.63, 3.8) is 0 Å². The Bertz CT molecular complexity index is 382. The van der Waals surface area contributed by atoms with E-state index in [2.05, 4.69) is 18.3 Å². The van der Waals surface area contributed by atoms with E-state index in [4.69, 9.17) is 10.00 Å². The molecular formula is C14H20N2O. The molecule has 0 aliphatic carbocycles. The molecule has 0 bridgehead atoms. The van der Waals surface area contributed by atoms with Crippen molar-refractivity contribution in [1.82, 2.24) is 5.32 Å². The molecule has 1 aromatic rings. The number of hydrogen-bond donors (Lipinski definition) is 1. The minimum absolute atomic E-state index is 0.598. The highest BCUT2D eigenvalue weighted by Crippen LogP contribution is 2.18. The van der Waals surface area contributed by atoms with Gasteiger partial charge in [-0.25, -0.2) is 0 Å². The molecule has 0 fully saturated rings. The number of hydrogen-bond acceptors (Lipinski definition) is 3. The van der Waals surface area contributed by atoms with Gasteiger partial charge in [0.25, 0.3) is 0 Å². The summed E-state index contributed by atoms with van der Waals surface area (Å²) in [4.78, 5) is 0. The van der Waals surface area contributed by atoms with Gasteiger partial charge in [-0.1, -0.05) is 25.8 Å². The van der Waals surface area contributed by atoms with Crippen molar-refractivity contribution in [1.29, 1.82) is 5.26 Å². The second-order valence-electron chi connectivity index (χ2n) is 4.03. The monoisotopic (exact) mass is 232 g/mol. The van der Waals surface area contributed by atoms with Gasteiger partial charge in [0.1, 0.15) is 11.8 Å². The molecule has 0 aromatic heterocycles. The lowest BCUT2D eigenvalue weighted by Crippen LogP contribution is -2.14. The van der Waals surface area contributed by atoms with Crippen LogP contribution < -0.4 is 10.1 Å². The van der Waals surface area contributed by atoms with Gasteiger partial charge < -0.3 is 10.1 Å². The molecule has 0 saturated heterocycles. The highest BCUT2D eigenvalue weighted by molar-refractivity contribution is 5.45. The second-order valence-corrected chi connectivity index (χ2v) is 4.03. The molecule has 3 heteroatoms. The van der Waals surface area contributed by atoms with Crippen molar-refractivity contribution in [2.45, 2.75) is 32.7 Å². The van der Waals surface area contributed by atoms with Crippen molar-refractivity contribution >= 4 is 0 Å². The molecule has 1 N–H and O–H groups in total. The van der Waals surface area contributed by atoms with Gasteiger partial charge in [0.15, 0.2) is 0 Å². The predicted molar refractivity (Wildman–Crippen MR) is 68.9 cm³/mol. The van der Waals surface area contributed by atoms with Crippen LogP contribution in [0.5, 0.6) is 5.75 Å². The normalized spacial score (nSPS) is 9.94. The summed E-state index contributed by atoms with van der Waals surface area (Å²) in [6.07, 6.45) is 3.71. The average Bonchev–Trinajstić information content (AvgIpc) is 2.38. The Labute approximate surface area is 103 Å². The number of nitriles is 1. The minimum Gasteiger partial charge on any atom is -0.495 e. The molecule has 17 heavy (non-hydrogen) atoms. The average molecular weight is 232 g/mol. The highest BCUT2D eigenvalue weighted by atomic mass is 16.5. The van der Waals surface area contributed by atoms with Gasteiger partial charge in [-0.3, -0.25) is 0 Å². The zero-order valence-electron chi connectivity index (χ0n) is 10.6. The molecule has 1 aromatic carbocycles. The molecular weight excluding hydrogens is 212 g/mol. The van der Waals surface area contributed by atoms with Gasteiger partial charge >= 0.3 is 0 Å². The molecule has 1 rings (SSSR count). The number of benzene rings is 1. The van der Waals surface area contributed by atoms with E-state index < -0.39 is 0 Å². The van der Waals surface area contributed by atoms with Gasteiger partial charge in [0.2, 0.25) is 0 Å². The summed E-state index contributed by atoms with van der Waals surface area (Å²) < 4.78 is 5.11. The Morgan fingerprint density at radius 1 is 1.35 bits per heavy atom. The first-order valence-corrected chi connectivity index (χ1v) is 6.09. The van der Waals surface area contributed by atoms with Crippen molar-refractivity contribution in [2.24, 2.45) is 0 Å². The maximum atomic E-state index is 8.97. The van der Waals surface area contributed by atoms with Crippen molar-refractivity contribution in [3.05, 3.63) is 29.3 Å². The molecule has 0 aliphatic heterocycles. The van der Waals surface area contributed by atoms with Crippen LogP contribution in [-0.2, 0) is 6.54 Å². The van der Waals surface area contributed by atoms with E-state index in [0.29, 0.717) is 11.3 Å². The lowest BCUT2D eigenvalue weighted by molar-refractivity contribution is 0.413. The van der Waals surface area contributed by atoms with E-state index in [1.807, 2.05) is 18.2 Å². The fourth-order valence-corrected chi connectivity index (χ4v) is 1.69. The Balaban J connectivity index is 2.47. The summed E-state index contributed by atoms with van der Waals surface area (Å²) >= 11 is 0. The molecule has 0 aliphatic rings. The molecule has 0 atom stereocenters. The molecule has 0 spiro atoms. The molecule has 0 heterocycles. The van der Waals surface area contributed by atoms with Crippen LogP contribution in [0.4, 0.5) is 0 Å².